The van der Waals surface area contributed by atoms with Crippen LogP contribution in [0.15, 0.2) is 6.07 Å². The molecule has 4 rings (SSSR count). The zero-order valence-corrected chi connectivity index (χ0v) is 16.6. The molecule has 0 radical (unpaired) electrons. The maximum absolute atomic E-state index is 12.8. The van der Waals surface area contributed by atoms with Crippen LogP contribution in [0, 0.1) is 6.92 Å². The number of likely N-dealkylation sites (tertiary alicyclic amines) is 1. The lowest BCUT2D eigenvalue weighted by molar-refractivity contribution is -0.141. The molecule has 3 aliphatic rings. The highest BCUT2D eigenvalue weighted by molar-refractivity contribution is 5.93. The van der Waals surface area contributed by atoms with Crippen molar-refractivity contribution in [1.82, 2.24) is 19.8 Å². The first kappa shape index (κ1) is 19.1. The third kappa shape index (κ3) is 4.11. The number of anilines is 1. The van der Waals surface area contributed by atoms with Crippen LogP contribution in [0.4, 0.5) is 5.82 Å². The van der Waals surface area contributed by atoms with E-state index in [2.05, 4.69) is 14.9 Å². The molecule has 8 nitrogen and oxygen atoms in total. The Hall–Kier alpha value is -2.22. The minimum Gasteiger partial charge on any atom is -0.368 e. The molecule has 0 bridgehead atoms. The third-order valence-corrected chi connectivity index (χ3v) is 5.81. The molecule has 3 aliphatic heterocycles. The van der Waals surface area contributed by atoms with E-state index in [0.29, 0.717) is 44.3 Å². The van der Waals surface area contributed by atoms with E-state index in [9.17, 15) is 9.59 Å². The fourth-order valence-corrected chi connectivity index (χ4v) is 4.21. The molecule has 152 valence electrons. The number of aromatic nitrogens is 2. The predicted octanol–water partition coefficient (Wildman–Crippen LogP) is 1.24. The monoisotopic (exact) mass is 387 g/mol. The summed E-state index contributed by atoms with van der Waals surface area (Å²) in [4.78, 5) is 40.2. The summed E-state index contributed by atoms with van der Waals surface area (Å²) in [7, 11) is 0. The van der Waals surface area contributed by atoms with Crippen molar-refractivity contribution in [2.45, 2.75) is 45.1 Å². The van der Waals surface area contributed by atoms with Gasteiger partial charge in [0.15, 0.2) is 0 Å². The second-order valence-electron chi connectivity index (χ2n) is 7.83. The molecule has 4 heterocycles. The van der Waals surface area contributed by atoms with Gasteiger partial charge in [0, 0.05) is 51.9 Å². The lowest BCUT2D eigenvalue weighted by Gasteiger charge is -2.36. The first-order valence-electron chi connectivity index (χ1n) is 10.4. The molecule has 2 amide bonds. The number of carbonyl (C=O) groups is 2. The van der Waals surface area contributed by atoms with Crippen LogP contribution >= 0.6 is 0 Å². The molecular weight excluding hydrogens is 358 g/mol. The van der Waals surface area contributed by atoms with Gasteiger partial charge in [-0.3, -0.25) is 9.59 Å². The van der Waals surface area contributed by atoms with Crippen LogP contribution in [0.3, 0.4) is 0 Å². The van der Waals surface area contributed by atoms with Crippen LogP contribution in [0.1, 0.15) is 48.4 Å². The number of hydrogen-bond donors (Lipinski definition) is 0. The van der Waals surface area contributed by atoms with Gasteiger partial charge < -0.3 is 19.4 Å². The standard InChI is InChI=1S/C20H29N5O3/c1-15-21-16(19(26)24-7-3-2-4-8-24)14-18(22-15)23-9-11-25(12-10-23)20(27)17-6-5-13-28-17/h14,17H,2-13H2,1H3/t17-/m1/s1. The Morgan fingerprint density at radius 3 is 2.39 bits per heavy atom. The highest BCUT2D eigenvalue weighted by Gasteiger charge is 2.31. The third-order valence-electron chi connectivity index (χ3n) is 5.81. The van der Waals surface area contributed by atoms with E-state index in [4.69, 9.17) is 4.74 Å². The van der Waals surface area contributed by atoms with Crippen molar-refractivity contribution >= 4 is 17.6 Å². The van der Waals surface area contributed by atoms with Gasteiger partial charge in [-0.1, -0.05) is 0 Å². The Bertz CT molecular complexity index is 721. The summed E-state index contributed by atoms with van der Waals surface area (Å²) in [5, 5.41) is 0. The Kier molecular flexibility index (Phi) is 5.75. The van der Waals surface area contributed by atoms with Crippen LogP contribution in [0.5, 0.6) is 0 Å². The Labute approximate surface area is 165 Å². The molecule has 1 aromatic heterocycles. The van der Waals surface area contributed by atoms with E-state index in [-0.39, 0.29) is 17.9 Å². The predicted molar refractivity (Wildman–Crippen MR) is 104 cm³/mol. The number of ether oxygens (including phenoxy) is 1. The van der Waals surface area contributed by atoms with Crippen molar-refractivity contribution in [3.05, 3.63) is 17.6 Å². The summed E-state index contributed by atoms with van der Waals surface area (Å²) in [6.45, 7) is 6.83. The molecule has 0 N–H and O–H groups in total. The summed E-state index contributed by atoms with van der Waals surface area (Å²) < 4.78 is 5.53. The van der Waals surface area contributed by atoms with Gasteiger partial charge in [0.1, 0.15) is 23.4 Å². The summed E-state index contributed by atoms with van der Waals surface area (Å²) in [6.07, 6.45) is 4.83. The molecule has 28 heavy (non-hydrogen) atoms. The number of hydrogen-bond acceptors (Lipinski definition) is 6. The van der Waals surface area contributed by atoms with E-state index in [0.717, 1.165) is 44.6 Å². The van der Waals surface area contributed by atoms with Gasteiger partial charge in [-0.25, -0.2) is 9.97 Å². The van der Waals surface area contributed by atoms with Gasteiger partial charge in [0.25, 0.3) is 11.8 Å². The average Bonchev–Trinajstić information content (AvgIpc) is 3.28. The SMILES string of the molecule is Cc1nc(C(=O)N2CCCCC2)cc(N2CCN(C(=O)[C@H]3CCCO3)CC2)n1. The van der Waals surface area contributed by atoms with Crippen LogP contribution < -0.4 is 4.90 Å². The normalized spacial score (nSPS) is 23.2. The molecule has 8 heteroatoms. The largest absolute Gasteiger partial charge is 0.368 e. The van der Waals surface area contributed by atoms with Crippen molar-refractivity contribution in [2.24, 2.45) is 0 Å². The van der Waals surface area contributed by atoms with Crippen LogP contribution in [0.2, 0.25) is 0 Å². The maximum atomic E-state index is 12.8. The molecule has 3 fully saturated rings. The van der Waals surface area contributed by atoms with Crippen molar-refractivity contribution in [3.8, 4) is 0 Å². The first-order valence-corrected chi connectivity index (χ1v) is 10.4. The van der Waals surface area contributed by atoms with Gasteiger partial charge in [0.2, 0.25) is 0 Å². The number of amides is 2. The van der Waals surface area contributed by atoms with E-state index in [1.165, 1.54) is 6.42 Å². The smallest absolute Gasteiger partial charge is 0.272 e. The summed E-state index contributed by atoms with van der Waals surface area (Å²) in [5.74, 6) is 1.49. The quantitative estimate of drug-likeness (QED) is 0.776. The van der Waals surface area contributed by atoms with E-state index in [1.54, 1.807) is 0 Å². The van der Waals surface area contributed by atoms with Crippen molar-refractivity contribution < 1.29 is 14.3 Å². The van der Waals surface area contributed by atoms with Gasteiger partial charge in [-0.05, 0) is 39.0 Å². The van der Waals surface area contributed by atoms with E-state index >= 15 is 0 Å². The van der Waals surface area contributed by atoms with Crippen molar-refractivity contribution in [3.63, 3.8) is 0 Å². The van der Waals surface area contributed by atoms with Crippen molar-refractivity contribution in [1.29, 1.82) is 0 Å². The van der Waals surface area contributed by atoms with Gasteiger partial charge >= 0.3 is 0 Å². The zero-order chi connectivity index (χ0) is 19.5. The average molecular weight is 387 g/mol. The maximum Gasteiger partial charge on any atom is 0.272 e. The lowest BCUT2D eigenvalue weighted by atomic mass is 10.1. The fourth-order valence-electron chi connectivity index (χ4n) is 4.21. The molecule has 0 aromatic carbocycles. The minimum absolute atomic E-state index is 0.00125. The first-order chi connectivity index (χ1) is 13.6. The van der Waals surface area contributed by atoms with Gasteiger partial charge in [0.05, 0.1) is 0 Å². The Balaban J connectivity index is 1.41. The number of rotatable bonds is 3. The molecule has 0 unspecified atom stereocenters. The number of nitrogens with zero attached hydrogens (tertiary/aromatic N) is 5. The summed E-state index contributed by atoms with van der Waals surface area (Å²) in [6, 6.07) is 1.81. The molecule has 1 atom stereocenters. The molecule has 0 spiro atoms. The van der Waals surface area contributed by atoms with Gasteiger partial charge in [-0.15, -0.1) is 0 Å². The zero-order valence-electron chi connectivity index (χ0n) is 16.6. The molecule has 0 saturated carbocycles. The minimum atomic E-state index is -0.262. The van der Waals surface area contributed by atoms with Crippen LogP contribution in [0.25, 0.3) is 0 Å². The Morgan fingerprint density at radius 1 is 0.964 bits per heavy atom. The van der Waals surface area contributed by atoms with Gasteiger partial charge in [-0.2, -0.15) is 0 Å². The topological polar surface area (TPSA) is 78.9 Å². The highest BCUT2D eigenvalue weighted by atomic mass is 16.5. The number of aryl methyl sites for hydroxylation is 1. The van der Waals surface area contributed by atoms with Crippen LogP contribution in [-0.2, 0) is 9.53 Å². The Morgan fingerprint density at radius 2 is 1.71 bits per heavy atom. The molecule has 3 saturated heterocycles. The van der Waals surface area contributed by atoms with Crippen LogP contribution in [-0.4, -0.2) is 83.6 Å². The molecule has 1 aromatic rings. The van der Waals surface area contributed by atoms with Crippen molar-refractivity contribution in [2.75, 3.05) is 50.8 Å². The number of piperidine rings is 1. The second-order valence-corrected chi connectivity index (χ2v) is 7.83. The molecular formula is C20H29N5O3. The number of carbonyl (C=O) groups excluding carboxylic acids is 2. The van der Waals surface area contributed by atoms with E-state index in [1.807, 2.05) is 22.8 Å². The van der Waals surface area contributed by atoms with E-state index < -0.39 is 0 Å². The number of piperazine rings is 1. The second kappa shape index (κ2) is 8.43. The fraction of sp³-hybridized carbons (Fsp3) is 0.700. The summed E-state index contributed by atoms with van der Waals surface area (Å²) in [5.41, 5.74) is 0.474. The lowest BCUT2D eigenvalue weighted by Crippen LogP contribution is -2.51. The highest BCUT2D eigenvalue weighted by Crippen LogP contribution is 2.20. The summed E-state index contributed by atoms with van der Waals surface area (Å²) >= 11 is 0. The molecule has 0 aliphatic carbocycles.